The van der Waals surface area contributed by atoms with E-state index >= 15 is 0 Å². The maximum Gasteiger partial charge on any atom is 0.223 e. The lowest BCUT2D eigenvalue weighted by Crippen LogP contribution is -2.47. The number of hydrogen-bond donors (Lipinski definition) is 1. The van der Waals surface area contributed by atoms with Crippen LogP contribution in [0.1, 0.15) is 63.0 Å². The van der Waals surface area contributed by atoms with E-state index in [1.807, 2.05) is 6.92 Å². The predicted octanol–water partition coefficient (Wildman–Crippen LogP) is 3.89. The third-order valence-corrected chi connectivity index (χ3v) is 5.69. The molecule has 3 rings (SSSR count). The second-order valence-electron chi connectivity index (χ2n) is 7.49. The summed E-state index contributed by atoms with van der Waals surface area (Å²) in [5, 5.41) is 3.39. The van der Waals surface area contributed by atoms with Gasteiger partial charge in [-0.2, -0.15) is 0 Å². The van der Waals surface area contributed by atoms with Crippen molar-refractivity contribution >= 4 is 11.7 Å². The van der Waals surface area contributed by atoms with Gasteiger partial charge in [-0.25, -0.2) is 0 Å². The number of hydrogen-bond acceptors (Lipinski definition) is 2. The van der Waals surface area contributed by atoms with Crippen LogP contribution in [-0.4, -0.2) is 11.7 Å². The van der Waals surface area contributed by atoms with Crippen molar-refractivity contribution in [2.75, 3.05) is 0 Å². The molecule has 124 valence electrons. The number of benzene rings is 1. The number of carbonyl (C=O) groups is 2. The average molecular weight is 313 g/mol. The van der Waals surface area contributed by atoms with E-state index in [0.29, 0.717) is 25.0 Å². The molecule has 2 aliphatic carbocycles. The van der Waals surface area contributed by atoms with E-state index in [1.54, 1.807) is 0 Å². The molecule has 0 unspecified atom stereocenters. The summed E-state index contributed by atoms with van der Waals surface area (Å²) < 4.78 is 0. The first-order chi connectivity index (χ1) is 11.0. The van der Waals surface area contributed by atoms with E-state index in [1.165, 1.54) is 11.1 Å². The molecule has 3 heteroatoms. The summed E-state index contributed by atoms with van der Waals surface area (Å²) in [6, 6.07) is 8.53. The van der Waals surface area contributed by atoms with Crippen molar-refractivity contribution in [1.82, 2.24) is 5.32 Å². The molecule has 0 radical (unpaired) electrons. The molecule has 2 saturated carbocycles. The first-order valence-corrected chi connectivity index (χ1v) is 8.92. The Labute approximate surface area is 138 Å². The largest absolute Gasteiger partial charge is 0.346 e. The van der Waals surface area contributed by atoms with Gasteiger partial charge in [-0.15, -0.1) is 0 Å². The van der Waals surface area contributed by atoms with Crippen LogP contribution in [-0.2, 0) is 15.1 Å². The molecule has 1 amide bonds. The Balaban J connectivity index is 1.77. The molecule has 0 heterocycles. The van der Waals surface area contributed by atoms with E-state index in [9.17, 15) is 9.59 Å². The Morgan fingerprint density at radius 3 is 2.65 bits per heavy atom. The zero-order valence-corrected chi connectivity index (χ0v) is 14.2. The van der Waals surface area contributed by atoms with E-state index in [4.69, 9.17) is 0 Å². The van der Waals surface area contributed by atoms with Crippen LogP contribution >= 0.6 is 0 Å². The maximum atomic E-state index is 12.8. The molecule has 2 aliphatic rings. The van der Waals surface area contributed by atoms with Crippen LogP contribution in [0.5, 0.6) is 0 Å². The number of carbonyl (C=O) groups excluding carboxylic acids is 2. The SMILES string of the molecule is Cc1cccc(C2(NC(=O)[C@@H]3CCC(=O)[C@@H](C)C3)CCCC2)c1. The van der Waals surface area contributed by atoms with Crippen molar-refractivity contribution in [3.8, 4) is 0 Å². The zero-order chi connectivity index (χ0) is 16.4. The second kappa shape index (κ2) is 6.46. The molecule has 3 nitrogen and oxygen atoms in total. The molecule has 0 aliphatic heterocycles. The first-order valence-electron chi connectivity index (χ1n) is 8.92. The van der Waals surface area contributed by atoms with Crippen molar-refractivity contribution in [2.45, 2.75) is 64.3 Å². The quantitative estimate of drug-likeness (QED) is 0.920. The smallest absolute Gasteiger partial charge is 0.223 e. The van der Waals surface area contributed by atoms with Gasteiger partial charge in [-0.05, 0) is 38.2 Å². The van der Waals surface area contributed by atoms with Crippen molar-refractivity contribution in [2.24, 2.45) is 11.8 Å². The predicted molar refractivity (Wildman–Crippen MR) is 91.0 cm³/mol. The number of ketones is 1. The van der Waals surface area contributed by atoms with Gasteiger partial charge in [0.15, 0.2) is 0 Å². The lowest BCUT2D eigenvalue weighted by molar-refractivity contribution is -0.132. The van der Waals surface area contributed by atoms with Gasteiger partial charge in [-0.3, -0.25) is 9.59 Å². The maximum absolute atomic E-state index is 12.8. The van der Waals surface area contributed by atoms with Gasteiger partial charge in [0, 0.05) is 18.3 Å². The summed E-state index contributed by atoms with van der Waals surface area (Å²) in [5.74, 6) is 0.471. The number of Topliss-reactive ketones (excluding diaryl/α,β-unsaturated/α-hetero) is 1. The fraction of sp³-hybridized carbons (Fsp3) is 0.600. The molecule has 0 spiro atoms. The van der Waals surface area contributed by atoms with E-state index in [2.05, 4.69) is 36.5 Å². The van der Waals surface area contributed by atoms with Gasteiger partial charge >= 0.3 is 0 Å². The van der Waals surface area contributed by atoms with Crippen molar-refractivity contribution in [3.63, 3.8) is 0 Å². The number of rotatable bonds is 3. The second-order valence-corrected chi connectivity index (χ2v) is 7.49. The summed E-state index contributed by atoms with van der Waals surface area (Å²) in [5.41, 5.74) is 2.27. The fourth-order valence-electron chi connectivity index (χ4n) is 4.22. The van der Waals surface area contributed by atoms with Crippen LogP contribution in [0.25, 0.3) is 0 Å². The van der Waals surface area contributed by atoms with E-state index < -0.39 is 0 Å². The van der Waals surface area contributed by atoms with E-state index in [-0.39, 0.29) is 23.3 Å². The minimum absolute atomic E-state index is 0.00927. The highest BCUT2D eigenvalue weighted by atomic mass is 16.2. The summed E-state index contributed by atoms with van der Waals surface area (Å²) in [6.07, 6.45) is 6.32. The zero-order valence-electron chi connectivity index (χ0n) is 14.2. The van der Waals surface area contributed by atoms with Crippen LogP contribution in [0.2, 0.25) is 0 Å². The average Bonchev–Trinajstić information content (AvgIpc) is 3.00. The summed E-state index contributed by atoms with van der Waals surface area (Å²) in [7, 11) is 0. The summed E-state index contributed by atoms with van der Waals surface area (Å²) in [6.45, 7) is 4.05. The van der Waals surface area contributed by atoms with Crippen molar-refractivity contribution in [3.05, 3.63) is 35.4 Å². The third kappa shape index (κ3) is 3.34. The van der Waals surface area contributed by atoms with Crippen molar-refractivity contribution < 1.29 is 9.59 Å². The molecule has 0 aromatic heterocycles. The molecule has 1 aromatic carbocycles. The molecule has 23 heavy (non-hydrogen) atoms. The number of amides is 1. The molecule has 2 atom stereocenters. The standard InChI is InChI=1S/C20H27NO2/c1-14-6-5-7-17(12-14)20(10-3-4-11-20)21-19(23)16-8-9-18(22)15(2)13-16/h5-7,12,15-16H,3-4,8-11,13H2,1-2H3,(H,21,23)/t15-,16+/m0/s1. The van der Waals surface area contributed by atoms with Crippen molar-refractivity contribution in [1.29, 1.82) is 0 Å². The Morgan fingerprint density at radius 1 is 1.26 bits per heavy atom. The Bertz CT molecular complexity index is 601. The molecule has 1 aromatic rings. The minimum Gasteiger partial charge on any atom is -0.346 e. The van der Waals surface area contributed by atoms with Gasteiger partial charge in [0.2, 0.25) is 5.91 Å². The molecular weight excluding hydrogens is 286 g/mol. The number of aryl methyl sites for hydroxylation is 1. The van der Waals surface area contributed by atoms with Crippen LogP contribution in [0.3, 0.4) is 0 Å². The van der Waals surface area contributed by atoms with Gasteiger partial charge in [0.05, 0.1) is 5.54 Å². The first kappa shape index (κ1) is 16.2. The highest BCUT2D eigenvalue weighted by molar-refractivity contribution is 5.86. The Kier molecular flexibility index (Phi) is 4.56. The number of nitrogens with one attached hydrogen (secondary N) is 1. The van der Waals surface area contributed by atoms with Crippen LogP contribution in [0.15, 0.2) is 24.3 Å². The lowest BCUT2D eigenvalue weighted by atomic mass is 9.80. The van der Waals surface area contributed by atoms with Gasteiger partial charge in [0.1, 0.15) is 5.78 Å². The molecule has 2 fully saturated rings. The molecular formula is C20H27NO2. The fourth-order valence-corrected chi connectivity index (χ4v) is 4.22. The Hall–Kier alpha value is -1.64. The van der Waals surface area contributed by atoms with Crippen LogP contribution < -0.4 is 5.32 Å². The molecule has 0 saturated heterocycles. The van der Waals surface area contributed by atoms with Gasteiger partial charge in [0.25, 0.3) is 0 Å². The van der Waals surface area contributed by atoms with Gasteiger partial charge < -0.3 is 5.32 Å². The summed E-state index contributed by atoms with van der Waals surface area (Å²) in [4.78, 5) is 24.5. The van der Waals surface area contributed by atoms with Crippen LogP contribution in [0, 0.1) is 18.8 Å². The molecule has 0 bridgehead atoms. The molecule has 1 N–H and O–H groups in total. The third-order valence-electron chi connectivity index (χ3n) is 5.69. The van der Waals surface area contributed by atoms with Gasteiger partial charge in [-0.1, -0.05) is 49.6 Å². The Morgan fingerprint density at radius 2 is 2.00 bits per heavy atom. The lowest BCUT2D eigenvalue weighted by Gasteiger charge is -2.34. The highest BCUT2D eigenvalue weighted by Crippen LogP contribution is 2.40. The highest BCUT2D eigenvalue weighted by Gasteiger charge is 2.39. The topological polar surface area (TPSA) is 46.2 Å². The van der Waals surface area contributed by atoms with E-state index in [0.717, 1.165) is 25.7 Å². The normalized spacial score (nSPS) is 27.0. The van der Waals surface area contributed by atoms with Crippen LogP contribution in [0.4, 0.5) is 0 Å². The minimum atomic E-state index is -0.201. The monoisotopic (exact) mass is 313 g/mol. The summed E-state index contributed by atoms with van der Waals surface area (Å²) >= 11 is 0.